The van der Waals surface area contributed by atoms with Gasteiger partial charge in [-0.3, -0.25) is 4.68 Å². The van der Waals surface area contributed by atoms with E-state index in [2.05, 4.69) is 29.4 Å². The summed E-state index contributed by atoms with van der Waals surface area (Å²) < 4.78 is 7.61. The third-order valence-electron chi connectivity index (χ3n) is 5.29. The number of likely N-dealkylation sites (N-methyl/N-ethyl adjacent to an activating group) is 1. The number of aromatic nitrogens is 2. The van der Waals surface area contributed by atoms with Crippen LogP contribution in [0.1, 0.15) is 40.0 Å². The fourth-order valence-corrected chi connectivity index (χ4v) is 3.76. The number of hydrogen-bond acceptors (Lipinski definition) is 6. The van der Waals surface area contributed by atoms with Crippen molar-refractivity contribution in [1.82, 2.24) is 19.6 Å². The number of anilines is 2. The van der Waals surface area contributed by atoms with Gasteiger partial charge in [-0.25, -0.2) is 4.79 Å². The van der Waals surface area contributed by atoms with Crippen molar-refractivity contribution >= 4 is 28.4 Å². The largest absolute Gasteiger partial charge is 0.444 e. The van der Waals surface area contributed by atoms with Crippen molar-refractivity contribution in [3.05, 3.63) is 18.3 Å². The van der Waals surface area contributed by atoms with Crippen LogP contribution >= 0.6 is 0 Å². The maximum Gasteiger partial charge on any atom is 0.410 e. The lowest BCUT2D eigenvalue weighted by molar-refractivity contribution is 0.0252. The summed E-state index contributed by atoms with van der Waals surface area (Å²) in [5.74, 6) is 0. The van der Waals surface area contributed by atoms with E-state index in [1.54, 1.807) is 0 Å². The predicted molar refractivity (Wildman–Crippen MR) is 122 cm³/mol. The Kier molecular flexibility index (Phi) is 6.75. The number of nitrogens with two attached hydrogens (primary N) is 1. The quantitative estimate of drug-likeness (QED) is 0.727. The van der Waals surface area contributed by atoms with Crippen molar-refractivity contribution in [3.8, 4) is 0 Å². The van der Waals surface area contributed by atoms with E-state index >= 15 is 0 Å². The van der Waals surface area contributed by atoms with Gasteiger partial charge in [0.1, 0.15) is 5.60 Å². The highest BCUT2D eigenvalue weighted by Crippen LogP contribution is 2.31. The molecule has 0 bridgehead atoms. The second-order valence-electron chi connectivity index (χ2n) is 9.40. The maximum absolute atomic E-state index is 12.6. The number of carbonyl (C=O) groups excluding carboxylic acids is 1. The standard InChI is InChI=1S/C22H36N6O2/c1-22(2,3)30-21(29)27-11-7-6-8-16(15-27)25-20-17-14-24-28(13-12-26(4)5)19(17)10-9-18(20)23/h9-10,14,16,25H,6-8,11-13,15,23H2,1-5H3/t16-/m1/s1. The Morgan fingerprint density at radius 2 is 2.10 bits per heavy atom. The maximum atomic E-state index is 12.6. The van der Waals surface area contributed by atoms with Crippen molar-refractivity contribution in [3.63, 3.8) is 0 Å². The number of benzene rings is 1. The summed E-state index contributed by atoms with van der Waals surface area (Å²) in [4.78, 5) is 16.6. The first-order valence-electron chi connectivity index (χ1n) is 10.8. The number of rotatable bonds is 5. The second kappa shape index (κ2) is 9.12. The summed E-state index contributed by atoms with van der Waals surface area (Å²) >= 11 is 0. The minimum absolute atomic E-state index is 0.109. The zero-order valence-electron chi connectivity index (χ0n) is 18.9. The topological polar surface area (TPSA) is 88.7 Å². The minimum Gasteiger partial charge on any atom is -0.444 e. The number of nitrogens with one attached hydrogen (secondary N) is 1. The molecule has 1 aliphatic rings. The zero-order valence-corrected chi connectivity index (χ0v) is 18.9. The molecule has 0 spiro atoms. The van der Waals surface area contributed by atoms with Crippen molar-refractivity contribution < 1.29 is 9.53 Å². The summed E-state index contributed by atoms with van der Waals surface area (Å²) in [6.45, 7) is 8.73. The lowest BCUT2D eigenvalue weighted by Gasteiger charge is -2.29. The minimum atomic E-state index is -0.497. The fourth-order valence-electron chi connectivity index (χ4n) is 3.76. The van der Waals surface area contributed by atoms with Gasteiger partial charge >= 0.3 is 6.09 Å². The molecule has 2 heterocycles. The van der Waals surface area contributed by atoms with Crippen LogP contribution in [0.2, 0.25) is 0 Å². The summed E-state index contributed by atoms with van der Waals surface area (Å²) in [5, 5.41) is 9.21. The lowest BCUT2D eigenvalue weighted by atomic mass is 10.1. The molecule has 0 aliphatic carbocycles. The summed E-state index contributed by atoms with van der Waals surface area (Å²) in [6, 6.07) is 4.07. The molecule has 2 aromatic rings. The van der Waals surface area contributed by atoms with Gasteiger partial charge in [0.15, 0.2) is 0 Å². The molecule has 0 unspecified atom stereocenters. The number of nitrogens with zero attached hydrogens (tertiary/aromatic N) is 4. The van der Waals surface area contributed by atoms with Crippen LogP contribution < -0.4 is 11.1 Å². The van der Waals surface area contributed by atoms with Gasteiger partial charge in [-0.15, -0.1) is 0 Å². The number of nitrogen functional groups attached to an aromatic ring is 1. The van der Waals surface area contributed by atoms with Crippen LogP contribution in [0.25, 0.3) is 10.9 Å². The molecular formula is C22H36N6O2. The Labute approximate surface area is 179 Å². The number of hydrogen-bond donors (Lipinski definition) is 2. The van der Waals surface area contributed by atoms with E-state index in [1.165, 1.54) is 0 Å². The van der Waals surface area contributed by atoms with Gasteiger partial charge in [-0.1, -0.05) is 0 Å². The first-order chi connectivity index (χ1) is 14.1. The fraction of sp³-hybridized carbons (Fsp3) is 0.636. The Balaban J connectivity index is 1.78. The van der Waals surface area contributed by atoms with E-state index in [9.17, 15) is 4.79 Å². The third-order valence-corrected chi connectivity index (χ3v) is 5.29. The molecule has 1 aromatic heterocycles. The van der Waals surface area contributed by atoms with E-state index in [-0.39, 0.29) is 12.1 Å². The molecular weight excluding hydrogens is 380 g/mol. The summed E-state index contributed by atoms with van der Waals surface area (Å²) in [7, 11) is 4.11. The van der Waals surface area contributed by atoms with Crippen LogP contribution in [0.5, 0.6) is 0 Å². The smallest absolute Gasteiger partial charge is 0.410 e. The van der Waals surface area contributed by atoms with Gasteiger partial charge in [-0.2, -0.15) is 5.10 Å². The Hall–Kier alpha value is -2.48. The highest BCUT2D eigenvalue weighted by Gasteiger charge is 2.27. The second-order valence-corrected chi connectivity index (χ2v) is 9.40. The third kappa shape index (κ3) is 5.56. The highest BCUT2D eigenvalue weighted by molar-refractivity contribution is 5.97. The van der Waals surface area contributed by atoms with Crippen LogP contribution in [0.4, 0.5) is 16.2 Å². The molecule has 0 radical (unpaired) electrons. The van der Waals surface area contributed by atoms with Gasteiger partial charge in [0, 0.05) is 31.1 Å². The van der Waals surface area contributed by atoms with Crippen molar-refractivity contribution in [2.75, 3.05) is 44.8 Å². The molecule has 3 rings (SSSR count). The van der Waals surface area contributed by atoms with Gasteiger partial charge in [0.2, 0.25) is 0 Å². The van der Waals surface area contributed by atoms with E-state index in [0.29, 0.717) is 12.2 Å². The van der Waals surface area contributed by atoms with Gasteiger partial charge in [0.05, 0.1) is 29.6 Å². The molecule has 3 N–H and O–H groups in total. The number of likely N-dealkylation sites (tertiary alicyclic amines) is 1. The molecule has 1 amide bonds. The van der Waals surface area contributed by atoms with Crippen LogP contribution in [-0.2, 0) is 11.3 Å². The zero-order chi connectivity index (χ0) is 21.9. The number of carbonyl (C=O) groups is 1. The Morgan fingerprint density at radius 1 is 1.33 bits per heavy atom. The van der Waals surface area contributed by atoms with Crippen LogP contribution in [-0.4, -0.2) is 71.0 Å². The van der Waals surface area contributed by atoms with Crippen molar-refractivity contribution in [2.24, 2.45) is 0 Å². The van der Waals surface area contributed by atoms with Crippen LogP contribution in [0.15, 0.2) is 18.3 Å². The molecule has 8 heteroatoms. The monoisotopic (exact) mass is 416 g/mol. The number of ether oxygens (including phenoxy) is 1. The molecule has 30 heavy (non-hydrogen) atoms. The average molecular weight is 417 g/mol. The molecule has 166 valence electrons. The van der Waals surface area contributed by atoms with Crippen molar-refractivity contribution in [2.45, 2.75) is 58.2 Å². The SMILES string of the molecule is CN(C)CCn1ncc2c(N[C@@H]3CCCCN(C(=O)OC(C)(C)C)C3)c(N)ccc21. The Morgan fingerprint density at radius 3 is 2.80 bits per heavy atom. The molecule has 8 nitrogen and oxygen atoms in total. The average Bonchev–Trinajstić information content (AvgIpc) is 2.90. The van der Waals surface area contributed by atoms with Crippen molar-refractivity contribution in [1.29, 1.82) is 0 Å². The molecule has 1 fully saturated rings. The normalized spacial score (nSPS) is 17.9. The van der Waals surface area contributed by atoms with Gasteiger partial charge in [-0.05, 0) is 66.3 Å². The number of amides is 1. The van der Waals surface area contributed by atoms with Crippen LogP contribution in [0.3, 0.4) is 0 Å². The summed E-state index contributed by atoms with van der Waals surface area (Å²) in [5.41, 5.74) is 8.50. The van der Waals surface area contributed by atoms with E-state index in [0.717, 1.165) is 55.5 Å². The van der Waals surface area contributed by atoms with Gasteiger partial charge in [0.25, 0.3) is 0 Å². The van der Waals surface area contributed by atoms with Gasteiger partial charge < -0.3 is 25.6 Å². The Bertz CT molecular complexity index is 870. The predicted octanol–water partition coefficient (Wildman–Crippen LogP) is 3.38. The molecule has 1 aliphatic heterocycles. The first-order valence-corrected chi connectivity index (χ1v) is 10.8. The van der Waals surface area contributed by atoms with E-state index in [1.807, 2.05) is 48.7 Å². The molecule has 1 aromatic carbocycles. The molecule has 1 saturated heterocycles. The van der Waals surface area contributed by atoms with E-state index < -0.39 is 5.60 Å². The lowest BCUT2D eigenvalue weighted by Crippen LogP contribution is -2.42. The first kappa shape index (κ1) is 22.2. The highest BCUT2D eigenvalue weighted by atomic mass is 16.6. The molecule has 1 atom stereocenters. The summed E-state index contributed by atoms with van der Waals surface area (Å²) in [6.07, 6.45) is 4.63. The molecule has 0 saturated carbocycles. The van der Waals surface area contributed by atoms with E-state index in [4.69, 9.17) is 10.5 Å². The number of fused-ring (bicyclic) bond motifs is 1. The van der Waals surface area contributed by atoms with Crippen LogP contribution in [0, 0.1) is 0 Å².